The van der Waals surface area contributed by atoms with Crippen molar-refractivity contribution in [2.75, 3.05) is 0 Å². The van der Waals surface area contributed by atoms with Crippen LogP contribution in [0.2, 0.25) is 0 Å². The largest absolute Gasteiger partial charge is 0.507 e. The maximum atomic E-state index is 12.4. The Hall–Kier alpha value is -6.35. The van der Waals surface area contributed by atoms with Gasteiger partial charge in [0.05, 0.1) is 22.3 Å². The summed E-state index contributed by atoms with van der Waals surface area (Å²) < 4.78 is 53.1. The Balaban J connectivity index is 0.00000747. The van der Waals surface area contributed by atoms with E-state index in [1.54, 1.807) is 18.3 Å². The molecule has 5 heteroatoms. The minimum absolute atomic E-state index is 0. The number of phenolic OH excluding ortho intramolecular Hbond substituents is 1. The number of imidazole rings is 1. The van der Waals surface area contributed by atoms with Gasteiger partial charge in [0.1, 0.15) is 11.6 Å². The number of rotatable bonds is 9. The number of aryl methyl sites for hydroxylation is 2. The SMILES string of the molecule is [2H]C([2H])([2H])c1ccc(-c2ccnc(-c3[c-]c(-c4cccc5c4nc(-c4cc(C(C)C)cc(C(C)C)c4O)n5-c4ccc(-c5cc(C(C)(C)C)cc(C(C)(C)C)c5)cc4C([2H])([2H])[2H])cc(-c4ccccc4)c3)c2)cc1.[Pt]. The number of aromatic hydroxyl groups is 1. The Kier molecular flexibility index (Phi) is 11.6. The molecule has 0 saturated carbocycles. The fourth-order valence-corrected chi connectivity index (χ4v) is 9.01. The predicted molar refractivity (Wildman–Crippen MR) is 287 cm³/mol. The van der Waals surface area contributed by atoms with E-state index in [0.29, 0.717) is 33.8 Å². The van der Waals surface area contributed by atoms with Crippen LogP contribution in [0.4, 0.5) is 0 Å². The van der Waals surface area contributed by atoms with Gasteiger partial charge in [-0.05, 0) is 122 Å². The molecule has 2 heterocycles. The van der Waals surface area contributed by atoms with Crippen molar-refractivity contribution < 1.29 is 34.4 Å². The Morgan fingerprint density at radius 3 is 1.88 bits per heavy atom. The molecule has 69 heavy (non-hydrogen) atoms. The average molecular weight is 1090 g/mol. The monoisotopic (exact) mass is 1090 g/mol. The van der Waals surface area contributed by atoms with Crippen LogP contribution >= 0.6 is 0 Å². The number of benzene rings is 7. The van der Waals surface area contributed by atoms with Gasteiger partial charge in [-0.25, -0.2) is 4.98 Å². The third-order valence-corrected chi connectivity index (χ3v) is 13.1. The first kappa shape index (κ1) is 41.6. The molecule has 0 spiro atoms. The van der Waals surface area contributed by atoms with E-state index in [2.05, 4.69) is 124 Å². The number of fused-ring (bicyclic) bond motifs is 1. The van der Waals surface area contributed by atoms with E-state index in [9.17, 15) is 9.22 Å². The van der Waals surface area contributed by atoms with Gasteiger partial charge in [0.15, 0.2) is 0 Å². The molecule has 352 valence electrons. The summed E-state index contributed by atoms with van der Waals surface area (Å²) in [5.41, 5.74) is 14.7. The van der Waals surface area contributed by atoms with Gasteiger partial charge in [-0.2, -0.15) is 0 Å². The van der Waals surface area contributed by atoms with Crippen molar-refractivity contribution in [3.8, 4) is 78.6 Å². The molecule has 0 aliphatic rings. The molecule has 2 aromatic heterocycles. The van der Waals surface area contributed by atoms with Crippen molar-refractivity contribution in [2.24, 2.45) is 0 Å². The summed E-state index contributed by atoms with van der Waals surface area (Å²) in [5, 5.41) is 12.4. The number of hydrogen-bond donors (Lipinski definition) is 1. The van der Waals surface area contributed by atoms with Gasteiger partial charge in [-0.15, -0.1) is 23.8 Å². The summed E-state index contributed by atoms with van der Waals surface area (Å²) in [6, 6.07) is 51.2. The molecule has 7 aromatic carbocycles. The second kappa shape index (κ2) is 19.2. The fraction of sp³-hybridized carbons (Fsp3) is 0.250. The van der Waals surface area contributed by atoms with Crippen LogP contribution in [0.3, 0.4) is 0 Å². The molecule has 9 aromatic rings. The fourth-order valence-electron chi connectivity index (χ4n) is 9.01. The normalized spacial score (nSPS) is 13.6. The quantitative estimate of drug-likeness (QED) is 0.147. The van der Waals surface area contributed by atoms with Crippen LogP contribution in [0, 0.1) is 19.8 Å². The number of hydrogen-bond acceptors (Lipinski definition) is 3. The van der Waals surface area contributed by atoms with Crippen molar-refractivity contribution in [2.45, 2.75) is 106 Å². The van der Waals surface area contributed by atoms with Crippen LogP contribution in [0.25, 0.3) is 83.9 Å². The standard InChI is InChI=1S/C64H64N3O.Pt/c1-39(2)47-35-55(40(3)4)61(68)56(36-47)62-66-60-54(50-30-48(43-17-14-13-15-18-43)31-51(32-50)57-37-46(27-28-65-57)44-23-21-41(5)22-24-44)19-16-20-59(60)67(62)58-26-25-45(29-42(58)6)49-33-52(63(7,8)9)38-53(34-49)64(10,11)12;/h13-31,33-40,68H,1-12H3;/q-1;/i5D3,6D3;. The van der Waals surface area contributed by atoms with E-state index in [4.69, 9.17) is 14.1 Å². The zero-order valence-corrected chi connectivity index (χ0v) is 43.5. The molecule has 0 fully saturated rings. The summed E-state index contributed by atoms with van der Waals surface area (Å²) >= 11 is 0. The number of aromatic nitrogens is 3. The molecule has 0 amide bonds. The van der Waals surface area contributed by atoms with Gasteiger partial charge in [-0.1, -0.05) is 195 Å². The van der Waals surface area contributed by atoms with Gasteiger partial charge in [0.25, 0.3) is 0 Å². The average Bonchev–Trinajstić information content (AvgIpc) is 3.75. The van der Waals surface area contributed by atoms with Crippen molar-refractivity contribution in [1.82, 2.24) is 14.5 Å². The van der Waals surface area contributed by atoms with Crippen molar-refractivity contribution in [3.63, 3.8) is 0 Å². The number of para-hydroxylation sites is 1. The molecule has 0 radical (unpaired) electrons. The van der Waals surface area contributed by atoms with Gasteiger partial charge in [-0.3, -0.25) is 9.55 Å². The summed E-state index contributed by atoms with van der Waals surface area (Å²) in [4.78, 5) is 10.4. The molecular formula is C64H64N3OPt-. The third kappa shape index (κ3) is 9.93. The molecule has 0 aliphatic heterocycles. The first-order valence-corrected chi connectivity index (χ1v) is 23.7. The van der Waals surface area contributed by atoms with Gasteiger partial charge < -0.3 is 5.11 Å². The predicted octanol–water partition coefficient (Wildman–Crippen LogP) is 17.4. The molecule has 0 unspecified atom stereocenters. The summed E-state index contributed by atoms with van der Waals surface area (Å²) in [7, 11) is 0. The van der Waals surface area contributed by atoms with Crippen molar-refractivity contribution in [1.29, 1.82) is 0 Å². The van der Waals surface area contributed by atoms with Crippen LogP contribution < -0.4 is 0 Å². The van der Waals surface area contributed by atoms with Crippen molar-refractivity contribution in [3.05, 3.63) is 191 Å². The van der Waals surface area contributed by atoms with E-state index in [-0.39, 0.29) is 60.6 Å². The summed E-state index contributed by atoms with van der Waals surface area (Å²) in [6.07, 6.45) is 1.75. The van der Waals surface area contributed by atoms with E-state index >= 15 is 0 Å². The van der Waals surface area contributed by atoms with E-state index in [0.717, 1.165) is 61.2 Å². The van der Waals surface area contributed by atoms with Gasteiger partial charge >= 0.3 is 0 Å². The second-order valence-corrected chi connectivity index (χ2v) is 20.9. The number of phenols is 1. The maximum Gasteiger partial charge on any atom is 0.148 e. The van der Waals surface area contributed by atoms with Gasteiger partial charge in [0, 0.05) is 41.2 Å². The molecular weight excluding hydrogens is 1020 g/mol. The zero-order chi connectivity index (χ0) is 53.2. The first-order valence-electron chi connectivity index (χ1n) is 26.7. The second-order valence-electron chi connectivity index (χ2n) is 20.9. The molecule has 4 nitrogen and oxygen atoms in total. The number of pyridine rings is 1. The van der Waals surface area contributed by atoms with Crippen molar-refractivity contribution >= 4 is 11.0 Å². The third-order valence-electron chi connectivity index (χ3n) is 13.1. The Morgan fingerprint density at radius 1 is 0.580 bits per heavy atom. The minimum atomic E-state index is -2.55. The Bertz CT molecular complexity index is 3530. The molecule has 0 aliphatic carbocycles. The first-order chi connectivity index (χ1) is 34.8. The van der Waals surface area contributed by atoms with Crippen LogP contribution in [-0.4, -0.2) is 19.6 Å². The molecule has 0 atom stereocenters. The minimum Gasteiger partial charge on any atom is -0.507 e. The van der Waals surface area contributed by atoms with E-state index < -0.39 is 13.7 Å². The van der Waals surface area contributed by atoms with E-state index in [1.165, 1.54) is 11.1 Å². The smallest absolute Gasteiger partial charge is 0.148 e. The molecule has 9 rings (SSSR count). The maximum absolute atomic E-state index is 12.4. The van der Waals surface area contributed by atoms with Crippen LogP contribution in [0.1, 0.15) is 123 Å². The Morgan fingerprint density at radius 2 is 1.23 bits per heavy atom. The summed E-state index contributed by atoms with van der Waals surface area (Å²) in [5.74, 6) is 0.612. The Labute approximate surface area is 433 Å². The molecule has 0 bridgehead atoms. The van der Waals surface area contributed by atoms with Gasteiger partial charge in [0.2, 0.25) is 0 Å². The van der Waals surface area contributed by atoms with E-state index in [1.807, 2.05) is 89.5 Å². The molecule has 0 saturated heterocycles. The summed E-state index contributed by atoms with van der Waals surface area (Å²) in [6.45, 7) is 16.8. The molecule has 1 N–H and O–H groups in total. The van der Waals surface area contributed by atoms with Crippen LogP contribution in [0.15, 0.2) is 152 Å². The topological polar surface area (TPSA) is 50.9 Å². The van der Waals surface area contributed by atoms with Crippen LogP contribution in [0.5, 0.6) is 5.75 Å². The number of nitrogens with zero attached hydrogens (tertiary/aromatic N) is 3. The van der Waals surface area contributed by atoms with Crippen LogP contribution in [-0.2, 0) is 31.9 Å². The zero-order valence-electron chi connectivity index (χ0n) is 47.2.